The molecule has 8 nitrogen and oxygen atoms in total. The molecule has 1 N–H and O–H groups in total. The molecule has 2 aromatic heterocycles. The second-order valence-corrected chi connectivity index (χ2v) is 6.20. The minimum absolute atomic E-state index is 0.127. The summed E-state index contributed by atoms with van der Waals surface area (Å²) in [5.74, 6) is -0.127. The monoisotopic (exact) mass is 342 g/mol. The van der Waals surface area contributed by atoms with Gasteiger partial charge in [0.05, 0.1) is 17.9 Å². The molecule has 1 aliphatic rings. The number of nitrogens with zero attached hydrogens (tertiary/aromatic N) is 4. The van der Waals surface area contributed by atoms with Gasteiger partial charge in [-0.05, 0) is 28.0 Å². The largest absolute Gasteiger partial charge is 0.472 e. The molecule has 130 valence electrons. The Kier molecular flexibility index (Phi) is 4.21. The highest BCUT2D eigenvalue weighted by molar-refractivity contribution is 5.93. The summed E-state index contributed by atoms with van der Waals surface area (Å²) in [6.45, 7) is 2.58. The van der Waals surface area contributed by atoms with Crippen LogP contribution in [0.3, 0.4) is 0 Å². The number of furan rings is 1. The first-order valence-electron chi connectivity index (χ1n) is 8.13. The molecule has 1 amide bonds. The van der Waals surface area contributed by atoms with Gasteiger partial charge < -0.3 is 14.4 Å². The van der Waals surface area contributed by atoms with Gasteiger partial charge in [-0.1, -0.05) is 12.1 Å². The van der Waals surface area contributed by atoms with Gasteiger partial charge in [-0.15, -0.1) is 0 Å². The predicted octanol–water partition coefficient (Wildman–Crippen LogP) is 1.13. The van der Waals surface area contributed by atoms with E-state index in [4.69, 9.17) is 9.05 Å². The first-order chi connectivity index (χ1) is 12.2. The van der Waals surface area contributed by atoms with Crippen molar-refractivity contribution < 1.29 is 18.9 Å². The molecule has 1 unspecified atom stereocenters. The normalized spacial score (nSPS) is 19.2. The van der Waals surface area contributed by atoms with Crippen LogP contribution >= 0.6 is 0 Å². The summed E-state index contributed by atoms with van der Waals surface area (Å²) in [5.41, 5.74) is 2.93. The molecule has 1 aliphatic heterocycles. The molecule has 3 aromatic rings. The maximum Gasteiger partial charge on any atom is 0.257 e. The summed E-state index contributed by atoms with van der Waals surface area (Å²) in [6, 6.07) is 7.36. The van der Waals surface area contributed by atoms with Crippen molar-refractivity contribution in [2.75, 3.05) is 26.2 Å². The smallest absolute Gasteiger partial charge is 0.257 e. The van der Waals surface area contributed by atoms with E-state index < -0.39 is 6.10 Å². The number of rotatable bonds is 3. The van der Waals surface area contributed by atoms with E-state index in [-0.39, 0.29) is 5.91 Å². The average molecular weight is 342 g/mol. The van der Waals surface area contributed by atoms with E-state index in [0.29, 0.717) is 43.8 Å². The Morgan fingerprint density at radius 1 is 1.24 bits per heavy atom. The van der Waals surface area contributed by atoms with Crippen molar-refractivity contribution in [2.24, 2.45) is 0 Å². The molecule has 0 saturated carbocycles. The number of aromatic nitrogens is 2. The van der Waals surface area contributed by atoms with E-state index in [0.717, 1.165) is 11.1 Å². The summed E-state index contributed by atoms with van der Waals surface area (Å²) >= 11 is 0. The molecule has 25 heavy (non-hydrogen) atoms. The molecule has 0 bridgehead atoms. The molecule has 3 heterocycles. The van der Waals surface area contributed by atoms with Crippen LogP contribution in [0.2, 0.25) is 0 Å². The summed E-state index contributed by atoms with van der Waals surface area (Å²) in [4.78, 5) is 16.2. The summed E-state index contributed by atoms with van der Waals surface area (Å²) in [5, 5.41) is 18.1. The standard InChI is InChI=1S/C17H18N4O4/c22-14-9-20(8-12-2-1-3-15-16(12)19-25-18-15)5-6-21(10-14)17(23)13-4-7-24-11-13/h1-4,7,11,14,22H,5-6,8-10H2. The number of carbonyl (C=O) groups is 1. The minimum atomic E-state index is -0.618. The Morgan fingerprint density at radius 2 is 2.16 bits per heavy atom. The van der Waals surface area contributed by atoms with E-state index in [1.165, 1.54) is 12.5 Å². The zero-order valence-electron chi connectivity index (χ0n) is 13.5. The van der Waals surface area contributed by atoms with Gasteiger partial charge in [0, 0.05) is 32.7 Å². The number of carbonyl (C=O) groups excluding carboxylic acids is 1. The maximum absolute atomic E-state index is 12.5. The Balaban J connectivity index is 1.48. The fourth-order valence-corrected chi connectivity index (χ4v) is 3.18. The van der Waals surface area contributed by atoms with Gasteiger partial charge in [0.1, 0.15) is 17.3 Å². The molecule has 1 atom stereocenters. The van der Waals surface area contributed by atoms with Crippen molar-refractivity contribution in [3.63, 3.8) is 0 Å². The van der Waals surface area contributed by atoms with E-state index >= 15 is 0 Å². The summed E-state index contributed by atoms with van der Waals surface area (Å²) < 4.78 is 9.78. The van der Waals surface area contributed by atoms with Crippen LogP contribution in [-0.4, -0.2) is 63.4 Å². The van der Waals surface area contributed by atoms with Crippen LogP contribution < -0.4 is 0 Å². The Hall–Kier alpha value is -2.71. The lowest BCUT2D eigenvalue weighted by molar-refractivity contribution is 0.0662. The minimum Gasteiger partial charge on any atom is -0.472 e. The van der Waals surface area contributed by atoms with E-state index in [1.807, 2.05) is 18.2 Å². The highest BCUT2D eigenvalue weighted by Crippen LogP contribution is 2.18. The number of hydrogen-bond acceptors (Lipinski definition) is 7. The number of aliphatic hydroxyl groups excluding tert-OH is 1. The van der Waals surface area contributed by atoms with Crippen molar-refractivity contribution in [3.05, 3.63) is 47.9 Å². The predicted molar refractivity (Wildman–Crippen MR) is 87.7 cm³/mol. The molecule has 0 radical (unpaired) electrons. The second-order valence-electron chi connectivity index (χ2n) is 6.20. The van der Waals surface area contributed by atoms with Crippen molar-refractivity contribution in [1.82, 2.24) is 20.1 Å². The Labute approximate surface area is 143 Å². The molecule has 1 aromatic carbocycles. The number of fused-ring (bicyclic) bond motifs is 1. The fourth-order valence-electron chi connectivity index (χ4n) is 3.18. The van der Waals surface area contributed by atoms with Crippen molar-refractivity contribution in [2.45, 2.75) is 12.6 Å². The fraction of sp³-hybridized carbons (Fsp3) is 0.353. The molecule has 8 heteroatoms. The lowest BCUT2D eigenvalue weighted by Gasteiger charge is -2.21. The molecule has 1 saturated heterocycles. The molecular weight excluding hydrogens is 324 g/mol. The number of aliphatic hydroxyl groups is 1. The number of amides is 1. The molecular formula is C17H18N4O4. The van der Waals surface area contributed by atoms with Crippen LogP contribution in [0.25, 0.3) is 11.0 Å². The number of β-amino-alcohol motifs (C(OH)–C–C–N with tert-alkyl or cyclic N) is 1. The highest BCUT2D eigenvalue weighted by Gasteiger charge is 2.26. The third-order valence-corrected chi connectivity index (χ3v) is 4.41. The van der Waals surface area contributed by atoms with E-state index in [1.54, 1.807) is 11.0 Å². The molecule has 1 fully saturated rings. The van der Waals surface area contributed by atoms with Gasteiger partial charge in [-0.25, -0.2) is 4.63 Å². The Morgan fingerprint density at radius 3 is 3.00 bits per heavy atom. The maximum atomic E-state index is 12.5. The van der Waals surface area contributed by atoms with Crippen LogP contribution in [0, 0.1) is 0 Å². The zero-order chi connectivity index (χ0) is 17.2. The van der Waals surface area contributed by atoms with E-state index in [2.05, 4.69) is 15.2 Å². The van der Waals surface area contributed by atoms with Gasteiger partial charge in [-0.3, -0.25) is 9.69 Å². The van der Waals surface area contributed by atoms with Crippen molar-refractivity contribution in [3.8, 4) is 0 Å². The number of hydrogen-bond donors (Lipinski definition) is 1. The third-order valence-electron chi connectivity index (χ3n) is 4.41. The summed E-state index contributed by atoms with van der Waals surface area (Å²) in [6.07, 6.45) is 2.28. The topological polar surface area (TPSA) is 95.8 Å². The number of benzene rings is 1. The van der Waals surface area contributed by atoms with Crippen LogP contribution in [0.5, 0.6) is 0 Å². The van der Waals surface area contributed by atoms with Crippen LogP contribution in [0.1, 0.15) is 15.9 Å². The molecule has 0 spiro atoms. The third kappa shape index (κ3) is 3.26. The SMILES string of the molecule is O=C(c1ccoc1)N1CCN(Cc2cccc3nonc23)CC(O)C1. The van der Waals surface area contributed by atoms with Crippen LogP contribution in [0.4, 0.5) is 0 Å². The van der Waals surface area contributed by atoms with E-state index in [9.17, 15) is 9.90 Å². The summed E-state index contributed by atoms with van der Waals surface area (Å²) in [7, 11) is 0. The molecule has 4 rings (SSSR count). The van der Waals surface area contributed by atoms with Crippen LogP contribution in [-0.2, 0) is 6.54 Å². The average Bonchev–Trinajstić information content (AvgIpc) is 3.26. The first kappa shape index (κ1) is 15.8. The van der Waals surface area contributed by atoms with Crippen molar-refractivity contribution in [1.29, 1.82) is 0 Å². The highest BCUT2D eigenvalue weighted by atomic mass is 16.6. The first-order valence-corrected chi connectivity index (χ1v) is 8.13. The quantitative estimate of drug-likeness (QED) is 0.762. The van der Waals surface area contributed by atoms with Gasteiger partial charge in [0.15, 0.2) is 0 Å². The van der Waals surface area contributed by atoms with Gasteiger partial charge in [0.25, 0.3) is 5.91 Å². The molecule has 0 aliphatic carbocycles. The lowest BCUT2D eigenvalue weighted by Crippen LogP contribution is -2.37. The van der Waals surface area contributed by atoms with Crippen LogP contribution in [0.15, 0.2) is 45.8 Å². The second kappa shape index (κ2) is 6.66. The van der Waals surface area contributed by atoms with Gasteiger partial charge in [-0.2, -0.15) is 0 Å². The van der Waals surface area contributed by atoms with Gasteiger partial charge >= 0.3 is 0 Å². The zero-order valence-corrected chi connectivity index (χ0v) is 13.5. The Bertz CT molecular complexity index is 861. The van der Waals surface area contributed by atoms with Crippen molar-refractivity contribution >= 4 is 16.9 Å². The van der Waals surface area contributed by atoms with Gasteiger partial charge in [0.2, 0.25) is 0 Å². The lowest BCUT2D eigenvalue weighted by atomic mass is 10.1.